The van der Waals surface area contributed by atoms with E-state index in [9.17, 15) is 0 Å². The average Bonchev–Trinajstić information content (AvgIpc) is 2.29. The van der Waals surface area contributed by atoms with Crippen LogP contribution in [0.5, 0.6) is 0 Å². The fourth-order valence-electron chi connectivity index (χ4n) is 2.05. The molecule has 0 aliphatic rings. The molecule has 0 aliphatic carbocycles. The number of hydrogen-bond donors (Lipinski definition) is 1. The zero-order chi connectivity index (χ0) is 10.1. The Balaban J connectivity index is 2.78. The maximum Gasteiger partial charge on any atom is 0.0923 e. The first-order valence-electron chi connectivity index (χ1n) is 4.80. The Labute approximate surface area is 80.8 Å². The minimum Gasteiger partial charge on any atom is -0.351 e. The van der Waals surface area contributed by atoms with E-state index in [4.69, 9.17) is 0 Å². The highest BCUT2D eigenvalue weighted by atomic mass is 14.9. The molecule has 0 bridgehead atoms. The van der Waals surface area contributed by atoms with Gasteiger partial charge in [-0.15, -0.1) is 0 Å². The highest BCUT2D eigenvalue weighted by Crippen LogP contribution is 2.34. The van der Waals surface area contributed by atoms with Crippen molar-refractivity contribution in [2.45, 2.75) is 46.5 Å². The summed E-state index contributed by atoms with van der Waals surface area (Å²) in [6.45, 7) is 11.3. The van der Waals surface area contributed by atoms with Gasteiger partial charge in [-0.2, -0.15) is 0 Å². The first-order chi connectivity index (χ1) is 5.81. The van der Waals surface area contributed by atoms with Crippen LogP contribution in [0.4, 0.5) is 0 Å². The molecule has 0 radical (unpaired) electrons. The molecule has 0 atom stereocenters. The molecule has 0 unspecified atom stereocenters. The lowest BCUT2D eigenvalue weighted by atomic mass is 9.75. The lowest BCUT2D eigenvalue weighted by molar-refractivity contribution is 0.280. The van der Waals surface area contributed by atoms with E-state index in [0.717, 1.165) is 12.1 Å². The molecular formula is C11H20N2. The van der Waals surface area contributed by atoms with Crippen molar-refractivity contribution < 1.29 is 0 Å². The van der Waals surface area contributed by atoms with E-state index in [-0.39, 0.29) is 5.41 Å². The zero-order valence-corrected chi connectivity index (χ0v) is 9.31. The molecule has 0 aliphatic heterocycles. The van der Waals surface area contributed by atoms with E-state index in [1.54, 1.807) is 6.33 Å². The highest BCUT2D eigenvalue weighted by Gasteiger charge is 2.28. The predicted octanol–water partition coefficient (Wildman–Crippen LogP) is 3.12. The summed E-state index contributed by atoms with van der Waals surface area (Å²) >= 11 is 0. The van der Waals surface area contributed by atoms with Gasteiger partial charge in [-0.3, -0.25) is 0 Å². The molecule has 0 saturated carbocycles. The van der Waals surface area contributed by atoms with Gasteiger partial charge >= 0.3 is 0 Å². The summed E-state index contributed by atoms with van der Waals surface area (Å²) in [6.07, 6.45) is 4.89. The average molecular weight is 180 g/mol. The van der Waals surface area contributed by atoms with E-state index >= 15 is 0 Å². The number of nitrogens with zero attached hydrogens (tertiary/aromatic N) is 1. The second-order valence-electron chi connectivity index (χ2n) is 5.58. The van der Waals surface area contributed by atoms with Crippen LogP contribution in [0.15, 0.2) is 12.5 Å². The Morgan fingerprint density at radius 3 is 2.23 bits per heavy atom. The smallest absolute Gasteiger partial charge is 0.0923 e. The fraction of sp³-hybridized carbons (Fsp3) is 0.727. The van der Waals surface area contributed by atoms with Gasteiger partial charge in [-0.1, -0.05) is 34.6 Å². The SMILES string of the molecule is CC(C)(C)CC(C)(C)c1c[nH]cn1. The molecule has 1 aromatic heterocycles. The van der Waals surface area contributed by atoms with Crippen LogP contribution in [0.25, 0.3) is 0 Å². The molecular weight excluding hydrogens is 160 g/mol. The van der Waals surface area contributed by atoms with Crippen LogP contribution in [0, 0.1) is 5.41 Å². The summed E-state index contributed by atoms with van der Waals surface area (Å²) in [4.78, 5) is 7.33. The quantitative estimate of drug-likeness (QED) is 0.744. The molecule has 0 saturated heterocycles. The standard InChI is InChI=1S/C11H20N2/c1-10(2,3)7-11(4,5)9-6-12-8-13-9/h6,8H,7H2,1-5H3,(H,12,13). The summed E-state index contributed by atoms with van der Waals surface area (Å²) < 4.78 is 0. The van der Waals surface area contributed by atoms with Crippen LogP contribution in [0.3, 0.4) is 0 Å². The van der Waals surface area contributed by atoms with E-state index in [1.165, 1.54) is 0 Å². The molecule has 2 heteroatoms. The van der Waals surface area contributed by atoms with Crippen molar-refractivity contribution in [1.29, 1.82) is 0 Å². The van der Waals surface area contributed by atoms with Crippen LogP contribution in [0.2, 0.25) is 0 Å². The molecule has 0 spiro atoms. The molecule has 13 heavy (non-hydrogen) atoms. The van der Waals surface area contributed by atoms with Gasteiger partial charge in [0.15, 0.2) is 0 Å². The lowest BCUT2D eigenvalue weighted by Gasteiger charge is -2.30. The summed E-state index contributed by atoms with van der Waals surface area (Å²) in [5.74, 6) is 0. The molecule has 0 aromatic carbocycles. The number of imidazole rings is 1. The van der Waals surface area contributed by atoms with E-state index in [2.05, 4.69) is 44.6 Å². The number of nitrogens with one attached hydrogen (secondary N) is 1. The molecule has 1 rings (SSSR count). The van der Waals surface area contributed by atoms with Gasteiger partial charge in [0, 0.05) is 11.6 Å². The third-order valence-electron chi connectivity index (χ3n) is 2.16. The number of rotatable bonds is 2. The van der Waals surface area contributed by atoms with Gasteiger partial charge < -0.3 is 4.98 Å². The van der Waals surface area contributed by atoms with Gasteiger partial charge in [0.25, 0.3) is 0 Å². The van der Waals surface area contributed by atoms with E-state index in [0.29, 0.717) is 5.41 Å². The topological polar surface area (TPSA) is 28.7 Å². The van der Waals surface area contributed by atoms with Crippen molar-refractivity contribution in [1.82, 2.24) is 9.97 Å². The Bertz CT molecular complexity index is 252. The molecule has 1 N–H and O–H groups in total. The van der Waals surface area contributed by atoms with Crippen molar-refractivity contribution in [3.05, 3.63) is 18.2 Å². The van der Waals surface area contributed by atoms with Gasteiger partial charge in [0.1, 0.15) is 0 Å². The maximum atomic E-state index is 4.32. The van der Waals surface area contributed by atoms with Crippen LogP contribution in [-0.4, -0.2) is 9.97 Å². The minimum absolute atomic E-state index is 0.165. The van der Waals surface area contributed by atoms with Crippen molar-refractivity contribution in [2.24, 2.45) is 5.41 Å². The first kappa shape index (κ1) is 10.3. The summed E-state index contributed by atoms with van der Waals surface area (Å²) in [5, 5.41) is 0. The molecule has 0 amide bonds. The molecule has 0 fully saturated rings. The minimum atomic E-state index is 0.165. The molecule has 74 valence electrons. The van der Waals surface area contributed by atoms with E-state index < -0.39 is 0 Å². The van der Waals surface area contributed by atoms with E-state index in [1.807, 2.05) is 6.20 Å². The van der Waals surface area contributed by atoms with Crippen molar-refractivity contribution >= 4 is 0 Å². The Kier molecular flexibility index (Phi) is 2.51. The normalized spacial score (nSPS) is 13.3. The Hall–Kier alpha value is -0.790. The summed E-state index contributed by atoms with van der Waals surface area (Å²) in [5.41, 5.74) is 1.67. The van der Waals surface area contributed by atoms with Crippen LogP contribution >= 0.6 is 0 Å². The maximum absolute atomic E-state index is 4.32. The molecule has 1 heterocycles. The monoisotopic (exact) mass is 180 g/mol. The fourth-order valence-corrected chi connectivity index (χ4v) is 2.05. The van der Waals surface area contributed by atoms with Gasteiger partial charge in [-0.05, 0) is 11.8 Å². The van der Waals surface area contributed by atoms with Gasteiger partial charge in [0.2, 0.25) is 0 Å². The second kappa shape index (κ2) is 3.17. The lowest BCUT2D eigenvalue weighted by Crippen LogP contribution is -2.25. The van der Waals surface area contributed by atoms with Crippen molar-refractivity contribution in [3.63, 3.8) is 0 Å². The first-order valence-corrected chi connectivity index (χ1v) is 4.80. The number of H-pyrrole nitrogens is 1. The van der Waals surface area contributed by atoms with Crippen LogP contribution < -0.4 is 0 Å². The van der Waals surface area contributed by atoms with Crippen molar-refractivity contribution in [3.8, 4) is 0 Å². The van der Waals surface area contributed by atoms with Gasteiger partial charge in [-0.25, -0.2) is 4.98 Å². The van der Waals surface area contributed by atoms with Gasteiger partial charge in [0.05, 0.1) is 12.0 Å². The number of aromatic amines is 1. The largest absolute Gasteiger partial charge is 0.351 e. The predicted molar refractivity (Wildman–Crippen MR) is 55.7 cm³/mol. The summed E-state index contributed by atoms with van der Waals surface area (Å²) in [6, 6.07) is 0. The highest BCUT2D eigenvalue weighted by molar-refractivity contribution is 5.10. The van der Waals surface area contributed by atoms with Crippen molar-refractivity contribution in [2.75, 3.05) is 0 Å². The molecule has 1 aromatic rings. The zero-order valence-electron chi connectivity index (χ0n) is 9.31. The number of aromatic nitrogens is 2. The third kappa shape index (κ3) is 2.87. The number of hydrogen-bond acceptors (Lipinski definition) is 1. The Morgan fingerprint density at radius 2 is 1.85 bits per heavy atom. The van der Waals surface area contributed by atoms with Crippen LogP contribution in [0.1, 0.15) is 46.7 Å². The Morgan fingerprint density at radius 1 is 1.23 bits per heavy atom. The summed E-state index contributed by atoms with van der Waals surface area (Å²) in [7, 11) is 0. The van der Waals surface area contributed by atoms with Crippen LogP contribution in [-0.2, 0) is 5.41 Å². The second-order valence-corrected chi connectivity index (χ2v) is 5.58. The third-order valence-corrected chi connectivity index (χ3v) is 2.16. The molecule has 2 nitrogen and oxygen atoms in total.